The fourth-order valence-electron chi connectivity index (χ4n) is 3.46. The van der Waals surface area contributed by atoms with Crippen LogP contribution >= 0.6 is 0 Å². The Morgan fingerprint density at radius 1 is 0.912 bits per heavy atom. The standard InChI is InChI=1S/C27H25N3O4/c1-33-23-14-12-22(13-15-23)25-16-24(29-34-25)27(32)30(18-21-10-6-3-7-11-21)19-26(31)28-17-20-8-4-2-5-9-20/h2-16H,17-19H2,1H3,(H,28,31). The minimum absolute atomic E-state index is 0.106. The highest BCUT2D eigenvalue weighted by molar-refractivity contribution is 5.95. The van der Waals surface area contributed by atoms with Crippen LogP contribution in [-0.4, -0.2) is 35.5 Å². The number of ether oxygens (including phenoxy) is 1. The molecule has 1 N–H and O–H groups in total. The topological polar surface area (TPSA) is 84.7 Å². The van der Waals surface area contributed by atoms with E-state index >= 15 is 0 Å². The fourth-order valence-corrected chi connectivity index (χ4v) is 3.46. The zero-order valence-corrected chi connectivity index (χ0v) is 18.8. The first kappa shape index (κ1) is 22.8. The second-order valence-electron chi connectivity index (χ2n) is 7.71. The molecule has 0 bridgehead atoms. The second kappa shape index (κ2) is 11.0. The van der Waals surface area contributed by atoms with E-state index in [2.05, 4.69) is 10.5 Å². The number of aromatic nitrogens is 1. The van der Waals surface area contributed by atoms with E-state index in [-0.39, 0.29) is 30.6 Å². The lowest BCUT2D eigenvalue weighted by Crippen LogP contribution is -2.40. The van der Waals surface area contributed by atoms with E-state index in [1.165, 1.54) is 4.90 Å². The van der Waals surface area contributed by atoms with Crippen LogP contribution in [0.25, 0.3) is 11.3 Å². The smallest absolute Gasteiger partial charge is 0.276 e. The summed E-state index contributed by atoms with van der Waals surface area (Å²) in [4.78, 5) is 27.5. The molecule has 0 aliphatic rings. The van der Waals surface area contributed by atoms with Gasteiger partial charge < -0.3 is 19.5 Å². The van der Waals surface area contributed by atoms with Crippen molar-refractivity contribution in [1.82, 2.24) is 15.4 Å². The molecule has 7 nitrogen and oxygen atoms in total. The van der Waals surface area contributed by atoms with Gasteiger partial charge in [0.05, 0.1) is 7.11 Å². The van der Waals surface area contributed by atoms with Crippen molar-refractivity contribution in [2.45, 2.75) is 13.1 Å². The molecule has 34 heavy (non-hydrogen) atoms. The molecule has 172 valence electrons. The Morgan fingerprint density at radius 3 is 2.21 bits per heavy atom. The number of nitrogens with one attached hydrogen (secondary N) is 1. The van der Waals surface area contributed by atoms with E-state index < -0.39 is 0 Å². The Labute approximate surface area is 198 Å². The summed E-state index contributed by atoms with van der Waals surface area (Å²) in [6, 6.07) is 28.0. The first-order valence-corrected chi connectivity index (χ1v) is 10.9. The van der Waals surface area contributed by atoms with Gasteiger partial charge in [0.15, 0.2) is 11.5 Å². The predicted molar refractivity (Wildman–Crippen MR) is 128 cm³/mol. The summed E-state index contributed by atoms with van der Waals surface area (Å²) in [5, 5.41) is 6.84. The number of carbonyl (C=O) groups excluding carboxylic acids is 2. The fraction of sp³-hybridized carbons (Fsp3) is 0.148. The maximum absolute atomic E-state index is 13.3. The molecule has 0 fully saturated rings. The number of carbonyl (C=O) groups is 2. The molecular formula is C27H25N3O4. The van der Waals surface area contributed by atoms with Gasteiger partial charge in [-0.2, -0.15) is 0 Å². The molecule has 0 saturated heterocycles. The normalized spacial score (nSPS) is 10.5. The van der Waals surface area contributed by atoms with E-state index in [4.69, 9.17) is 9.26 Å². The van der Waals surface area contributed by atoms with Crippen molar-refractivity contribution in [3.05, 3.63) is 108 Å². The van der Waals surface area contributed by atoms with Gasteiger partial charge in [-0.15, -0.1) is 0 Å². The van der Waals surface area contributed by atoms with Crippen LogP contribution < -0.4 is 10.1 Å². The molecule has 0 radical (unpaired) electrons. The van der Waals surface area contributed by atoms with Crippen LogP contribution in [0.1, 0.15) is 21.6 Å². The highest BCUT2D eigenvalue weighted by Crippen LogP contribution is 2.24. The maximum Gasteiger partial charge on any atom is 0.276 e. The number of hydrogen-bond acceptors (Lipinski definition) is 5. The van der Waals surface area contributed by atoms with Crippen LogP contribution in [0.4, 0.5) is 0 Å². The SMILES string of the molecule is COc1ccc(-c2cc(C(=O)N(CC(=O)NCc3ccccc3)Cc3ccccc3)no2)cc1. The van der Waals surface area contributed by atoms with Crippen LogP contribution in [0, 0.1) is 0 Å². The van der Waals surface area contributed by atoms with Gasteiger partial charge in [-0.1, -0.05) is 65.8 Å². The molecule has 7 heteroatoms. The number of methoxy groups -OCH3 is 1. The summed E-state index contributed by atoms with van der Waals surface area (Å²) in [7, 11) is 1.59. The number of nitrogens with zero attached hydrogens (tertiary/aromatic N) is 2. The summed E-state index contributed by atoms with van der Waals surface area (Å²) in [6.45, 7) is 0.549. The van der Waals surface area contributed by atoms with Gasteiger partial charge in [0, 0.05) is 24.7 Å². The van der Waals surface area contributed by atoms with Gasteiger partial charge in [-0.25, -0.2) is 0 Å². The van der Waals surface area contributed by atoms with Gasteiger partial charge in [-0.05, 0) is 35.4 Å². The van der Waals surface area contributed by atoms with Crippen LogP contribution in [-0.2, 0) is 17.9 Å². The lowest BCUT2D eigenvalue weighted by Gasteiger charge is -2.21. The Morgan fingerprint density at radius 2 is 1.56 bits per heavy atom. The van der Waals surface area contributed by atoms with Crippen LogP contribution in [0.15, 0.2) is 95.5 Å². The summed E-state index contributed by atoms with van der Waals surface area (Å²) < 4.78 is 10.6. The van der Waals surface area contributed by atoms with Crippen molar-refractivity contribution in [2.24, 2.45) is 0 Å². The van der Waals surface area contributed by atoms with Crippen LogP contribution in [0.2, 0.25) is 0 Å². The minimum atomic E-state index is -0.387. The predicted octanol–water partition coefficient (Wildman–Crippen LogP) is 4.31. The average Bonchev–Trinajstić information content (AvgIpc) is 3.38. The zero-order valence-electron chi connectivity index (χ0n) is 18.8. The van der Waals surface area contributed by atoms with E-state index in [9.17, 15) is 9.59 Å². The molecule has 0 unspecified atom stereocenters. The third kappa shape index (κ3) is 5.89. The second-order valence-corrected chi connectivity index (χ2v) is 7.71. The lowest BCUT2D eigenvalue weighted by molar-refractivity contribution is -0.122. The number of amides is 2. The van der Waals surface area contributed by atoms with E-state index in [1.807, 2.05) is 72.8 Å². The molecule has 0 aliphatic heterocycles. The van der Waals surface area contributed by atoms with Crippen molar-refractivity contribution in [3.63, 3.8) is 0 Å². The minimum Gasteiger partial charge on any atom is -0.497 e. The maximum atomic E-state index is 13.3. The van der Waals surface area contributed by atoms with Crippen molar-refractivity contribution >= 4 is 11.8 Å². The third-order valence-corrected chi connectivity index (χ3v) is 5.27. The summed E-state index contributed by atoms with van der Waals surface area (Å²) in [6.07, 6.45) is 0. The van der Waals surface area contributed by atoms with Crippen molar-refractivity contribution in [2.75, 3.05) is 13.7 Å². The Balaban J connectivity index is 1.49. The van der Waals surface area contributed by atoms with Gasteiger partial charge in [0.1, 0.15) is 12.3 Å². The molecule has 0 atom stereocenters. The van der Waals surface area contributed by atoms with Crippen LogP contribution in [0.3, 0.4) is 0 Å². The molecule has 0 spiro atoms. The van der Waals surface area contributed by atoms with E-state index in [1.54, 1.807) is 25.3 Å². The van der Waals surface area contributed by atoms with Gasteiger partial charge in [-0.3, -0.25) is 9.59 Å². The summed E-state index contributed by atoms with van der Waals surface area (Å²) >= 11 is 0. The lowest BCUT2D eigenvalue weighted by atomic mass is 10.1. The van der Waals surface area contributed by atoms with Crippen LogP contribution in [0.5, 0.6) is 5.75 Å². The van der Waals surface area contributed by atoms with Crippen molar-refractivity contribution in [3.8, 4) is 17.1 Å². The highest BCUT2D eigenvalue weighted by Gasteiger charge is 2.23. The van der Waals surface area contributed by atoms with Gasteiger partial charge >= 0.3 is 0 Å². The molecule has 0 aliphatic carbocycles. The molecule has 1 heterocycles. The van der Waals surface area contributed by atoms with Crippen molar-refractivity contribution in [1.29, 1.82) is 0 Å². The zero-order chi connectivity index (χ0) is 23.8. The molecule has 4 aromatic rings. The van der Waals surface area contributed by atoms with Crippen molar-refractivity contribution < 1.29 is 18.8 Å². The van der Waals surface area contributed by atoms with E-state index in [0.29, 0.717) is 12.3 Å². The van der Waals surface area contributed by atoms with Gasteiger partial charge in [0.2, 0.25) is 5.91 Å². The third-order valence-electron chi connectivity index (χ3n) is 5.27. The quantitative estimate of drug-likeness (QED) is 0.407. The van der Waals surface area contributed by atoms with Gasteiger partial charge in [0.25, 0.3) is 5.91 Å². The number of hydrogen-bond donors (Lipinski definition) is 1. The average molecular weight is 456 g/mol. The monoisotopic (exact) mass is 455 g/mol. The first-order chi connectivity index (χ1) is 16.6. The summed E-state index contributed by atoms with van der Waals surface area (Å²) in [5.74, 6) is 0.531. The van der Waals surface area contributed by atoms with E-state index in [0.717, 1.165) is 22.4 Å². The molecule has 1 aromatic heterocycles. The first-order valence-electron chi connectivity index (χ1n) is 10.9. The Bertz CT molecular complexity index is 1220. The molecular weight excluding hydrogens is 430 g/mol. The molecule has 2 amide bonds. The Kier molecular flexibility index (Phi) is 7.35. The highest BCUT2D eigenvalue weighted by atomic mass is 16.5. The Hall–Kier alpha value is -4.39. The molecule has 4 rings (SSSR count). The summed E-state index contributed by atoms with van der Waals surface area (Å²) in [5.41, 5.74) is 2.79. The molecule has 0 saturated carbocycles. The molecule has 3 aromatic carbocycles. The number of rotatable bonds is 9. The largest absolute Gasteiger partial charge is 0.497 e. The number of benzene rings is 3.